The van der Waals surface area contributed by atoms with Gasteiger partial charge in [-0.3, -0.25) is 4.90 Å². The molecule has 5 heteroatoms. The quantitative estimate of drug-likeness (QED) is 0.851. The molecule has 0 aromatic rings. The monoisotopic (exact) mass is 294 g/mol. The summed E-state index contributed by atoms with van der Waals surface area (Å²) in [4.78, 5) is 2.30. The van der Waals surface area contributed by atoms with E-state index < -0.39 is 12.7 Å². The molecule has 1 heterocycles. The highest BCUT2D eigenvalue weighted by molar-refractivity contribution is 4.87. The minimum Gasteiger partial charge on any atom is -0.305 e. The second kappa shape index (κ2) is 6.65. The molecule has 0 spiro atoms. The van der Waals surface area contributed by atoms with Crippen LogP contribution in [-0.2, 0) is 0 Å². The Morgan fingerprint density at radius 2 is 1.75 bits per heavy atom. The summed E-state index contributed by atoms with van der Waals surface area (Å²) in [7, 11) is 0. The predicted molar refractivity (Wildman–Crippen MR) is 76.7 cm³/mol. The zero-order chi connectivity index (χ0) is 15.6. The number of likely N-dealkylation sites (tertiary alicyclic amines) is 1. The molecule has 2 unspecified atom stereocenters. The van der Waals surface area contributed by atoms with Crippen LogP contribution in [0.15, 0.2) is 0 Å². The second-order valence-corrected chi connectivity index (χ2v) is 7.61. The van der Waals surface area contributed by atoms with Crippen molar-refractivity contribution in [3.05, 3.63) is 0 Å². The molecule has 0 amide bonds. The average molecular weight is 294 g/mol. The fourth-order valence-corrected chi connectivity index (χ4v) is 3.08. The van der Waals surface area contributed by atoms with Gasteiger partial charge in [-0.05, 0) is 38.0 Å². The number of hydrogen-bond donors (Lipinski definition) is 1. The smallest absolute Gasteiger partial charge is 0.305 e. The van der Waals surface area contributed by atoms with E-state index in [9.17, 15) is 13.2 Å². The summed E-state index contributed by atoms with van der Waals surface area (Å²) >= 11 is 0. The molecule has 20 heavy (non-hydrogen) atoms. The molecule has 1 aliphatic heterocycles. The fourth-order valence-electron chi connectivity index (χ4n) is 3.08. The third kappa shape index (κ3) is 6.93. The highest BCUT2D eigenvalue weighted by Gasteiger charge is 2.33. The first kappa shape index (κ1) is 17.8. The van der Waals surface area contributed by atoms with Crippen molar-refractivity contribution in [1.29, 1.82) is 0 Å². The molecular weight excluding hydrogens is 265 g/mol. The van der Waals surface area contributed by atoms with Crippen molar-refractivity contribution in [2.75, 3.05) is 19.6 Å². The van der Waals surface area contributed by atoms with Crippen LogP contribution in [0.4, 0.5) is 13.2 Å². The third-order valence-corrected chi connectivity index (χ3v) is 3.79. The van der Waals surface area contributed by atoms with Crippen molar-refractivity contribution in [3.8, 4) is 0 Å². The van der Waals surface area contributed by atoms with Crippen molar-refractivity contribution in [2.24, 2.45) is 11.3 Å². The number of hydrogen-bond acceptors (Lipinski definition) is 2. The molecule has 0 radical (unpaired) electrons. The van der Waals surface area contributed by atoms with Crippen LogP contribution >= 0.6 is 0 Å². The molecule has 0 aliphatic carbocycles. The molecule has 0 aromatic heterocycles. The van der Waals surface area contributed by atoms with Gasteiger partial charge in [0.25, 0.3) is 0 Å². The lowest BCUT2D eigenvalue weighted by Crippen LogP contribution is -2.53. The summed E-state index contributed by atoms with van der Waals surface area (Å²) < 4.78 is 37.1. The first-order chi connectivity index (χ1) is 8.96. The van der Waals surface area contributed by atoms with E-state index in [2.05, 4.69) is 44.8 Å². The van der Waals surface area contributed by atoms with Gasteiger partial charge in [0.15, 0.2) is 0 Å². The van der Waals surface area contributed by atoms with Gasteiger partial charge >= 0.3 is 6.18 Å². The molecule has 1 N–H and O–H groups in total. The molecule has 1 saturated heterocycles. The van der Waals surface area contributed by atoms with Crippen molar-refractivity contribution in [2.45, 2.75) is 65.7 Å². The molecule has 0 bridgehead atoms. The summed E-state index contributed by atoms with van der Waals surface area (Å²) in [5.74, 6) is 0.469. The van der Waals surface area contributed by atoms with Crippen LogP contribution in [0.5, 0.6) is 0 Å². The molecule has 1 rings (SSSR count). The van der Waals surface area contributed by atoms with Crippen LogP contribution in [0.2, 0.25) is 0 Å². The maximum absolute atomic E-state index is 12.4. The van der Waals surface area contributed by atoms with E-state index in [0.717, 1.165) is 19.4 Å². The minimum absolute atomic E-state index is 0.0554. The van der Waals surface area contributed by atoms with Gasteiger partial charge in [-0.1, -0.05) is 20.8 Å². The molecule has 0 aromatic carbocycles. The number of rotatable bonds is 4. The Kier molecular flexibility index (Phi) is 5.90. The molecule has 120 valence electrons. The van der Waals surface area contributed by atoms with Crippen molar-refractivity contribution in [3.63, 3.8) is 0 Å². The summed E-state index contributed by atoms with van der Waals surface area (Å²) in [6.07, 6.45) is -2.23. The number of halogens is 3. The highest BCUT2D eigenvalue weighted by Crippen LogP contribution is 2.31. The molecule has 1 aliphatic rings. The van der Waals surface area contributed by atoms with Crippen molar-refractivity contribution >= 4 is 0 Å². The zero-order valence-corrected chi connectivity index (χ0v) is 13.3. The lowest BCUT2D eigenvalue weighted by atomic mass is 9.80. The highest BCUT2D eigenvalue weighted by atomic mass is 19.4. The standard InChI is InChI=1S/C15H29F3N2/c1-11(2)20-8-12(7-14(3,4)5)6-13(9-20)19-10-15(16,17)18/h11-13,19H,6-10H2,1-5H3. The third-order valence-electron chi connectivity index (χ3n) is 3.79. The fraction of sp³-hybridized carbons (Fsp3) is 1.00. The zero-order valence-electron chi connectivity index (χ0n) is 13.3. The molecular formula is C15H29F3N2. The van der Waals surface area contributed by atoms with Gasteiger partial charge in [0.2, 0.25) is 0 Å². The van der Waals surface area contributed by atoms with Crippen LogP contribution < -0.4 is 5.32 Å². The van der Waals surface area contributed by atoms with E-state index in [1.807, 2.05) is 0 Å². The van der Waals surface area contributed by atoms with Gasteiger partial charge in [0, 0.05) is 25.2 Å². The van der Waals surface area contributed by atoms with Gasteiger partial charge < -0.3 is 5.32 Å². The number of alkyl halides is 3. The summed E-state index contributed by atoms with van der Waals surface area (Å²) in [6, 6.07) is 0.327. The summed E-state index contributed by atoms with van der Waals surface area (Å²) in [5.41, 5.74) is 0.221. The van der Waals surface area contributed by atoms with E-state index in [4.69, 9.17) is 0 Å². The van der Waals surface area contributed by atoms with Gasteiger partial charge in [-0.25, -0.2) is 0 Å². The van der Waals surface area contributed by atoms with E-state index >= 15 is 0 Å². The molecule has 1 fully saturated rings. The Bertz CT molecular complexity index is 294. The van der Waals surface area contributed by atoms with Crippen LogP contribution in [0.1, 0.15) is 47.5 Å². The second-order valence-electron chi connectivity index (χ2n) is 7.61. The Hall–Kier alpha value is -0.290. The summed E-state index contributed by atoms with van der Waals surface area (Å²) in [5, 5.41) is 2.70. The topological polar surface area (TPSA) is 15.3 Å². The van der Waals surface area contributed by atoms with E-state index in [0.29, 0.717) is 18.5 Å². The largest absolute Gasteiger partial charge is 0.401 e. The van der Waals surface area contributed by atoms with Gasteiger partial charge in [-0.2, -0.15) is 13.2 Å². The van der Waals surface area contributed by atoms with E-state index in [1.165, 1.54) is 0 Å². The Balaban J connectivity index is 2.61. The summed E-state index contributed by atoms with van der Waals surface area (Å²) in [6.45, 7) is 11.6. The lowest BCUT2D eigenvalue weighted by Gasteiger charge is -2.42. The molecule has 2 atom stereocenters. The first-order valence-corrected chi connectivity index (χ1v) is 7.50. The van der Waals surface area contributed by atoms with Crippen LogP contribution in [0.3, 0.4) is 0 Å². The van der Waals surface area contributed by atoms with Crippen LogP contribution in [0, 0.1) is 11.3 Å². The van der Waals surface area contributed by atoms with Crippen molar-refractivity contribution < 1.29 is 13.2 Å². The molecule has 0 saturated carbocycles. The predicted octanol–water partition coefficient (Wildman–Crippen LogP) is 3.67. The SMILES string of the molecule is CC(C)N1CC(CC(C)(C)C)CC(NCC(F)(F)F)C1. The number of piperidine rings is 1. The Labute approximate surface area is 121 Å². The Morgan fingerprint density at radius 3 is 2.20 bits per heavy atom. The van der Waals surface area contributed by atoms with E-state index in [-0.39, 0.29) is 11.5 Å². The van der Waals surface area contributed by atoms with Gasteiger partial charge in [0.1, 0.15) is 0 Å². The maximum atomic E-state index is 12.4. The lowest BCUT2D eigenvalue weighted by molar-refractivity contribution is -0.127. The van der Waals surface area contributed by atoms with Crippen molar-refractivity contribution in [1.82, 2.24) is 10.2 Å². The number of nitrogens with one attached hydrogen (secondary N) is 1. The first-order valence-electron chi connectivity index (χ1n) is 7.50. The number of nitrogens with zero attached hydrogens (tertiary/aromatic N) is 1. The minimum atomic E-state index is -4.13. The Morgan fingerprint density at radius 1 is 1.15 bits per heavy atom. The van der Waals surface area contributed by atoms with E-state index in [1.54, 1.807) is 0 Å². The average Bonchev–Trinajstić information content (AvgIpc) is 2.22. The normalized spacial score (nSPS) is 26.2. The maximum Gasteiger partial charge on any atom is 0.401 e. The van der Waals surface area contributed by atoms with Gasteiger partial charge in [0.05, 0.1) is 6.54 Å². The molecule has 2 nitrogen and oxygen atoms in total. The van der Waals surface area contributed by atoms with Crippen LogP contribution in [0.25, 0.3) is 0 Å². The van der Waals surface area contributed by atoms with Crippen LogP contribution in [-0.4, -0.2) is 42.8 Å². The van der Waals surface area contributed by atoms with Gasteiger partial charge in [-0.15, -0.1) is 0 Å².